The summed E-state index contributed by atoms with van der Waals surface area (Å²) >= 11 is 0. The SMILES string of the molecule is COC(=O)[C@H]1CN2CCC[C@H]2CO1. The van der Waals surface area contributed by atoms with E-state index in [1.165, 1.54) is 20.0 Å². The molecular formula is C9H15NO3. The van der Waals surface area contributed by atoms with Crippen LogP contribution in [0.5, 0.6) is 0 Å². The van der Waals surface area contributed by atoms with Crippen LogP contribution >= 0.6 is 0 Å². The number of rotatable bonds is 1. The van der Waals surface area contributed by atoms with Crippen LogP contribution in [0, 0.1) is 0 Å². The Balaban J connectivity index is 1.93. The molecule has 0 N–H and O–H groups in total. The van der Waals surface area contributed by atoms with Gasteiger partial charge in [0.25, 0.3) is 0 Å². The van der Waals surface area contributed by atoms with Gasteiger partial charge in [-0.25, -0.2) is 4.79 Å². The summed E-state index contributed by atoms with van der Waals surface area (Å²) in [5.41, 5.74) is 0. The maximum atomic E-state index is 11.2. The van der Waals surface area contributed by atoms with Crippen LogP contribution in [0.2, 0.25) is 0 Å². The molecule has 2 heterocycles. The average molecular weight is 185 g/mol. The first kappa shape index (κ1) is 8.97. The molecule has 2 rings (SSSR count). The molecule has 4 heteroatoms. The molecule has 4 nitrogen and oxygen atoms in total. The van der Waals surface area contributed by atoms with Gasteiger partial charge in [-0.15, -0.1) is 0 Å². The summed E-state index contributed by atoms with van der Waals surface area (Å²) < 4.78 is 10.1. The Hall–Kier alpha value is -0.610. The van der Waals surface area contributed by atoms with Crippen LogP contribution in [-0.2, 0) is 14.3 Å². The number of hydrogen-bond donors (Lipinski definition) is 0. The lowest BCUT2D eigenvalue weighted by Crippen LogP contribution is -2.49. The van der Waals surface area contributed by atoms with E-state index < -0.39 is 0 Å². The number of ether oxygens (including phenoxy) is 2. The number of esters is 1. The third-order valence-electron chi connectivity index (χ3n) is 2.85. The molecule has 0 aromatic rings. The predicted octanol–water partition coefficient (Wildman–Crippen LogP) is 0.0226. The Morgan fingerprint density at radius 3 is 3.23 bits per heavy atom. The van der Waals surface area contributed by atoms with Gasteiger partial charge < -0.3 is 9.47 Å². The minimum Gasteiger partial charge on any atom is -0.467 e. The lowest BCUT2D eigenvalue weighted by Gasteiger charge is -2.33. The van der Waals surface area contributed by atoms with Gasteiger partial charge in [0.1, 0.15) is 0 Å². The van der Waals surface area contributed by atoms with E-state index in [2.05, 4.69) is 9.64 Å². The fourth-order valence-electron chi connectivity index (χ4n) is 2.09. The molecule has 0 unspecified atom stereocenters. The Morgan fingerprint density at radius 1 is 1.62 bits per heavy atom. The Labute approximate surface area is 77.8 Å². The first-order chi connectivity index (χ1) is 6.31. The van der Waals surface area contributed by atoms with Crippen molar-refractivity contribution in [2.45, 2.75) is 25.0 Å². The van der Waals surface area contributed by atoms with Crippen molar-refractivity contribution in [3.05, 3.63) is 0 Å². The zero-order chi connectivity index (χ0) is 9.26. The fraction of sp³-hybridized carbons (Fsp3) is 0.889. The maximum absolute atomic E-state index is 11.2. The largest absolute Gasteiger partial charge is 0.467 e. The Morgan fingerprint density at radius 2 is 2.46 bits per heavy atom. The molecule has 0 aliphatic carbocycles. The topological polar surface area (TPSA) is 38.8 Å². The number of methoxy groups -OCH3 is 1. The van der Waals surface area contributed by atoms with Crippen LogP contribution in [0.3, 0.4) is 0 Å². The zero-order valence-corrected chi connectivity index (χ0v) is 7.86. The highest BCUT2D eigenvalue weighted by Crippen LogP contribution is 2.22. The van der Waals surface area contributed by atoms with Crippen molar-refractivity contribution in [1.29, 1.82) is 0 Å². The van der Waals surface area contributed by atoms with E-state index in [0.717, 1.165) is 6.54 Å². The van der Waals surface area contributed by atoms with E-state index in [1.54, 1.807) is 0 Å². The molecule has 0 amide bonds. The summed E-state index contributed by atoms with van der Waals surface area (Å²) in [4.78, 5) is 13.5. The number of nitrogens with zero attached hydrogens (tertiary/aromatic N) is 1. The minimum absolute atomic E-state index is 0.245. The normalized spacial score (nSPS) is 34.2. The van der Waals surface area contributed by atoms with E-state index in [-0.39, 0.29) is 12.1 Å². The molecule has 2 saturated heterocycles. The van der Waals surface area contributed by atoms with Gasteiger partial charge in [-0.3, -0.25) is 4.90 Å². The van der Waals surface area contributed by atoms with Crippen molar-refractivity contribution in [2.75, 3.05) is 26.8 Å². The number of carbonyl (C=O) groups is 1. The van der Waals surface area contributed by atoms with Crippen LogP contribution < -0.4 is 0 Å². The lowest BCUT2D eigenvalue weighted by molar-refractivity contribution is -0.161. The molecule has 74 valence electrons. The summed E-state index contributed by atoms with van der Waals surface area (Å²) in [5, 5.41) is 0. The summed E-state index contributed by atoms with van der Waals surface area (Å²) in [6.45, 7) is 2.48. The lowest BCUT2D eigenvalue weighted by atomic mass is 10.2. The van der Waals surface area contributed by atoms with Gasteiger partial charge in [-0.2, -0.15) is 0 Å². The molecule has 0 radical (unpaired) electrons. The smallest absolute Gasteiger partial charge is 0.336 e. The van der Waals surface area contributed by atoms with Gasteiger partial charge in [-0.05, 0) is 19.4 Å². The standard InChI is InChI=1S/C9H15NO3/c1-12-9(11)8-5-10-4-2-3-7(10)6-13-8/h7-8H,2-6H2,1H3/t7-,8+/m0/s1. The van der Waals surface area contributed by atoms with Gasteiger partial charge in [0.15, 0.2) is 6.10 Å². The van der Waals surface area contributed by atoms with Gasteiger partial charge in [0.2, 0.25) is 0 Å². The molecular weight excluding hydrogens is 170 g/mol. The number of fused-ring (bicyclic) bond motifs is 1. The number of carbonyl (C=O) groups excluding carboxylic acids is 1. The second kappa shape index (κ2) is 3.64. The van der Waals surface area contributed by atoms with Crippen molar-refractivity contribution < 1.29 is 14.3 Å². The van der Waals surface area contributed by atoms with E-state index in [1.807, 2.05) is 0 Å². The molecule has 0 aromatic heterocycles. The second-order valence-corrected chi connectivity index (χ2v) is 3.64. The van der Waals surface area contributed by atoms with Gasteiger partial charge in [-0.1, -0.05) is 0 Å². The Kier molecular flexibility index (Phi) is 2.51. The van der Waals surface area contributed by atoms with E-state index in [9.17, 15) is 4.79 Å². The van der Waals surface area contributed by atoms with Crippen LogP contribution in [0.4, 0.5) is 0 Å². The van der Waals surface area contributed by atoms with Crippen molar-refractivity contribution >= 4 is 5.97 Å². The van der Waals surface area contributed by atoms with E-state index in [0.29, 0.717) is 19.2 Å². The maximum Gasteiger partial charge on any atom is 0.336 e. The molecule has 2 fully saturated rings. The van der Waals surface area contributed by atoms with E-state index in [4.69, 9.17) is 4.74 Å². The minimum atomic E-state index is -0.362. The van der Waals surface area contributed by atoms with Crippen molar-refractivity contribution in [1.82, 2.24) is 4.90 Å². The summed E-state index contributed by atoms with van der Waals surface area (Å²) in [5.74, 6) is -0.245. The molecule has 0 saturated carbocycles. The van der Waals surface area contributed by atoms with Crippen LogP contribution in [0.25, 0.3) is 0 Å². The summed E-state index contributed by atoms with van der Waals surface area (Å²) in [7, 11) is 1.40. The van der Waals surface area contributed by atoms with Crippen molar-refractivity contribution in [3.8, 4) is 0 Å². The molecule has 2 atom stereocenters. The molecule has 0 spiro atoms. The first-order valence-corrected chi connectivity index (χ1v) is 4.74. The third-order valence-corrected chi connectivity index (χ3v) is 2.85. The van der Waals surface area contributed by atoms with Crippen LogP contribution in [0.15, 0.2) is 0 Å². The van der Waals surface area contributed by atoms with Crippen molar-refractivity contribution in [2.24, 2.45) is 0 Å². The monoisotopic (exact) mass is 185 g/mol. The fourth-order valence-corrected chi connectivity index (χ4v) is 2.09. The molecule has 0 bridgehead atoms. The molecule has 2 aliphatic rings. The average Bonchev–Trinajstić information content (AvgIpc) is 2.63. The van der Waals surface area contributed by atoms with Gasteiger partial charge in [0.05, 0.1) is 13.7 Å². The van der Waals surface area contributed by atoms with E-state index >= 15 is 0 Å². The summed E-state index contributed by atoms with van der Waals surface area (Å²) in [6, 6.07) is 0.543. The zero-order valence-electron chi connectivity index (χ0n) is 7.86. The quantitative estimate of drug-likeness (QED) is 0.540. The number of hydrogen-bond acceptors (Lipinski definition) is 4. The van der Waals surface area contributed by atoms with Gasteiger partial charge >= 0.3 is 5.97 Å². The van der Waals surface area contributed by atoms with Gasteiger partial charge in [0, 0.05) is 12.6 Å². The van der Waals surface area contributed by atoms with Crippen LogP contribution in [0.1, 0.15) is 12.8 Å². The third kappa shape index (κ3) is 1.69. The van der Waals surface area contributed by atoms with Crippen LogP contribution in [-0.4, -0.2) is 49.8 Å². The first-order valence-electron chi connectivity index (χ1n) is 4.74. The van der Waals surface area contributed by atoms with Crippen molar-refractivity contribution in [3.63, 3.8) is 0 Å². The predicted molar refractivity (Wildman–Crippen MR) is 46.4 cm³/mol. The summed E-state index contributed by atoms with van der Waals surface area (Å²) in [6.07, 6.45) is 2.06. The highest BCUT2D eigenvalue weighted by atomic mass is 16.6. The highest BCUT2D eigenvalue weighted by Gasteiger charge is 2.35. The second-order valence-electron chi connectivity index (χ2n) is 3.64. The molecule has 2 aliphatic heterocycles. The highest BCUT2D eigenvalue weighted by molar-refractivity contribution is 5.74. The Bertz CT molecular complexity index is 207. The molecule has 13 heavy (non-hydrogen) atoms. The number of morpholine rings is 1. The molecule has 0 aromatic carbocycles.